The molecule has 3 aliphatic heterocycles. The second-order valence-electron chi connectivity index (χ2n) is 12.9. The SMILES string of the molecule is CO[C@@H]1[C@H]2OCO[C@@H](NC(=O)[C@@H](O)[C@@]3(OC)CC(C)[C@@H](C)[C@@H](C)O3)[C@H]2O[C@H](C[C@H](O)CCC/C=C/CCC(=O)[O-])C1(C)C.[Na+]. The van der Waals surface area contributed by atoms with Crippen LogP contribution < -0.4 is 40.0 Å². The molecule has 44 heavy (non-hydrogen) atoms. The van der Waals surface area contributed by atoms with Crippen molar-refractivity contribution in [2.45, 2.75) is 134 Å². The molecule has 3 N–H and O–H groups in total. The van der Waals surface area contributed by atoms with Gasteiger partial charge in [0.2, 0.25) is 5.79 Å². The minimum atomic E-state index is -1.62. The van der Waals surface area contributed by atoms with Gasteiger partial charge in [0.1, 0.15) is 19.0 Å². The molecule has 3 saturated heterocycles. The fourth-order valence-electron chi connectivity index (χ4n) is 6.53. The maximum Gasteiger partial charge on any atom is 1.00 e. The molecule has 11 atom stereocenters. The molecule has 3 fully saturated rings. The van der Waals surface area contributed by atoms with E-state index >= 15 is 0 Å². The summed E-state index contributed by atoms with van der Waals surface area (Å²) < 4.78 is 35.8. The molecule has 3 heterocycles. The van der Waals surface area contributed by atoms with Crippen LogP contribution in [-0.4, -0.2) is 97.8 Å². The molecule has 0 bridgehead atoms. The summed E-state index contributed by atoms with van der Waals surface area (Å²) in [5, 5.41) is 35.4. The number of hydrogen-bond acceptors (Lipinski definition) is 11. The van der Waals surface area contributed by atoms with E-state index < -0.39 is 65.9 Å². The summed E-state index contributed by atoms with van der Waals surface area (Å²) in [5.74, 6) is -2.91. The second kappa shape index (κ2) is 17.5. The van der Waals surface area contributed by atoms with Crippen molar-refractivity contribution in [3.63, 3.8) is 0 Å². The molecule has 3 aliphatic rings. The number of fused-ring (bicyclic) bond motifs is 1. The largest absolute Gasteiger partial charge is 1.00 e. The van der Waals surface area contributed by atoms with E-state index in [2.05, 4.69) is 12.2 Å². The third-order valence-electron chi connectivity index (χ3n) is 9.57. The first-order chi connectivity index (χ1) is 20.3. The topological polar surface area (TPSA) is 165 Å². The Bertz CT molecular complexity index is 938. The van der Waals surface area contributed by atoms with Crippen molar-refractivity contribution in [1.29, 1.82) is 0 Å². The molecule has 3 rings (SSSR count). The van der Waals surface area contributed by atoms with Crippen LogP contribution in [0.2, 0.25) is 0 Å². The number of ether oxygens (including phenoxy) is 6. The van der Waals surface area contributed by atoms with Gasteiger partial charge in [0.15, 0.2) is 12.3 Å². The first-order valence-corrected chi connectivity index (χ1v) is 15.4. The standard InChI is InChI=1S/C31H53NO11.Na/c1-18-16-31(39-7,43-20(3)19(18)2)26(36)28(37)32-29-25-24(40-17-41-29)27(38-6)30(4,5)22(42-25)15-21(33)13-11-9-8-10-12-14-23(34)35;/h8,10,18-22,24-27,29,33,36H,9,11-17H2,1-7H3,(H,32,37)(H,34,35);/q;+1/p-1/b10-8+;/t18?,19-,20-,21-,22-,24+,25+,26-,27-,29-,31-;/m1./s1. The van der Waals surface area contributed by atoms with Gasteiger partial charge < -0.3 is 53.9 Å². The molecule has 0 spiro atoms. The van der Waals surface area contributed by atoms with Crippen LogP contribution in [0.3, 0.4) is 0 Å². The maximum atomic E-state index is 13.4. The maximum absolute atomic E-state index is 13.4. The molecule has 0 aliphatic carbocycles. The summed E-state index contributed by atoms with van der Waals surface area (Å²) in [4.78, 5) is 23.9. The summed E-state index contributed by atoms with van der Waals surface area (Å²) in [5.41, 5.74) is -0.550. The molecule has 13 heteroatoms. The number of aliphatic hydroxyl groups excluding tert-OH is 2. The third kappa shape index (κ3) is 9.47. The zero-order chi connectivity index (χ0) is 31.9. The second-order valence-corrected chi connectivity index (χ2v) is 12.9. The number of hydrogen-bond donors (Lipinski definition) is 3. The van der Waals surface area contributed by atoms with Crippen molar-refractivity contribution < 1.29 is 82.9 Å². The average Bonchev–Trinajstić information content (AvgIpc) is 2.95. The number of nitrogens with one attached hydrogen (secondary N) is 1. The number of aliphatic carboxylic acids is 1. The van der Waals surface area contributed by atoms with Crippen LogP contribution in [0.4, 0.5) is 0 Å². The quantitative estimate of drug-likeness (QED) is 0.114. The van der Waals surface area contributed by atoms with Crippen molar-refractivity contribution in [3.05, 3.63) is 12.2 Å². The normalized spacial score (nSPS) is 36.6. The van der Waals surface area contributed by atoms with Gasteiger partial charge in [0.05, 0.1) is 24.4 Å². The molecular formula is C31H52NNaO11. The molecule has 248 valence electrons. The number of unbranched alkanes of at least 4 members (excludes halogenated alkanes) is 1. The van der Waals surface area contributed by atoms with Crippen LogP contribution >= 0.6 is 0 Å². The molecule has 0 saturated carbocycles. The Hall–Kier alpha value is -0.640. The fourth-order valence-corrected chi connectivity index (χ4v) is 6.53. The van der Waals surface area contributed by atoms with Crippen LogP contribution in [-0.2, 0) is 38.0 Å². The third-order valence-corrected chi connectivity index (χ3v) is 9.57. The first-order valence-electron chi connectivity index (χ1n) is 15.4. The van der Waals surface area contributed by atoms with E-state index in [0.29, 0.717) is 32.1 Å². The molecule has 0 aromatic carbocycles. The molecule has 0 aromatic rings. The number of carboxylic acids is 1. The molecule has 1 unspecified atom stereocenters. The zero-order valence-corrected chi connectivity index (χ0v) is 29.7. The summed E-state index contributed by atoms with van der Waals surface area (Å²) in [6.45, 7) is 9.90. The number of methoxy groups -OCH3 is 2. The van der Waals surface area contributed by atoms with Gasteiger partial charge in [0.25, 0.3) is 5.91 Å². The van der Waals surface area contributed by atoms with Gasteiger partial charge in [-0.1, -0.05) is 39.8 Å². The summed E-state index contributed by atoms with van der Waals surface area (Å²) in [6.07, 6.45) is 1.07. The number of rotatable bonds is 14. The number of aliphatic hydroxyl groups is 2. The predicted molar refractivity (Wildman–Crippen MR) is 153 cm³/mol. The van der Waals surface area contributed by atoms with Crippen LogP contribution in [0.5, 0.6) is 0 Å². The van der Waals surface area contributed by atoms with Gasteiger partial charge in [-0.3, -0.25) is 4.79 Å². The van der Waals surface area contributed by atoms with Gasteiger partial charge in [-0.15, -0.1) is 0 Å². The number of allylic oxidation sites excluding steroid dienone is 2. The van der Waals surface area contributed by atoms with Crippen LogP contribution in [0.15, 0.2) is 12.2 Å². The molecule has 0 aromatic heterocycles. The fraction of sp³-hybridized carbons (Fsp3) is 0.871. The van der Waals surface area contributed by atoms with Crippen molar-refractivity contribution >= 4 is 11.9 Å². The number of carboxylic acid groups (broad SMARTS) is 1. The van der Waals surface area contributed by atoms with Gasteiger partial charge >= 0.3 is 29.6 Å². The van der Waals surface area contributed by atoms with Crippen molar-refractivity contribution in [3.8, 4) is 0 Å². The van der Waals surface area contributed by atoms with Gasteiger partial charge in [0, 0.05) is 38.4 Å². The predicted octanol–water partition coefficient (Wildman–Crippen LogP) is -1.59. The van der Waals surface area contributed by atoms with Gasteiger partial charge in [-0.05, 0) is 50.9 Å². The minimum absolute atomic E-state index is 0. The zero-order valence-electron chi connectivity index (χ0n) is 27.7. The van der Waals surface area contributed by atoms with Crippen LogP contribution in [0.1, 0.15) is 79.6 Å². The Morgan fingerprint density at radius 2 is 1.77 bits per heavy atom. The van der Waals surface area contributed by atoms with E-state index in [9.17, 15) is 24.9 Å². The Balaban J connectivity index is 0.00000675. The van der Waals surface area contributed by atoms with Crippen LogP contribution in [0.25, 0.3) is 0 Å². The summed E-state index contributed by atoms with van der Waals surface area (Å²) >= 11 is 0. The first kappa shape index (κ1) is 39.5. The number of amides is 1. The van der Waals surface area contributed by atoms with E-state index in [1.165, 1.54) is 7.11 Å². The molecule has 1 amide bonds. The molecule has 0 radical (unpaired) electrons. The summed E-state index contributed by atoms with van der Waals surface area (Å²) in [7, 11) is 3.02. The smallest absolute Gasteiger partial charge is 0.550 e. The van der Waals surface area contributed by atoms with Gasteiger partial charge in [-0.2, -0.15) is 0 Å². The Morgan fingerprint density at radius 1 is 1.09 bits per heavy atom. The van der Waals surface area contributed by atoms with E-state index in [0.717, 1.165) is 6.42 Å². The summed E-state index contributed by atoms with van der Waals surface area (Å²) in [6, 6.07) is 0. The van der Waals surface area contributed by atoms with E-state index in [1.54, 1.807) is 7.11 Å². The number of carbonyl (C=O) groups is 2. The monoisotopic (exact) mass is 637 g/mol. The van der Waals surface area contributed by atoms with E-state index in [4.69, 9.17) is 28.4 Å². The van der Waals surface area contributed by atoms with Crippen molar-refractivity contribution in [2.24, 2.45) is 17.3 Å². The van der Waals surface area contributed by atoms with Crippen molar-refractivity contribution in [2.75, 3.05) is 21.0 Å². The minimum Gasteiger partial charge on any atom is -0.550 e. The molecule has 12 nitrogen and oxygen atoms in total. The Kier molecular flexibility index (Phi) is 15.7. The number of carbonyl (C=O) groups excluding carboxylic acids is 2. The van der Waals surface area contributed by atoms with E-state index in [-0.39, 0.29) is 60.7 Å². The van der Waals surface area contributed by atoms with E-state index in [1.807, 2.05) is 39.8 Å². The van der Waals surface area contributed by atoms with Crippen molar-refractivity contribution in [1.82, 2.24) is 5.32 Å². The van der Waals surface area contributed by atoms with Crippen LogP contribution in [0, 0.1) is 17.3 Å². The Labute approximate surface area is 283 Å². The Morgan fingerprint density at radius 3 is 2.39 bits per heavy atom. The molecular weight excluding hydrogens is 585 g/mol. The van der Waals surface area contributed by atoms with Gasteiger partial charge in [-0.25, -0.2) is 0 Å². The average molecular weight is 638 g/mol.